The number of aryl methyl sites for hydroxylation is 1. The molecule has 2 rings (SSSR count). The first-order valence-corrected chi connectivity index (χ1v) is 6.03. The van der Waals surface area contributed by atoms with E-state index in [1.54, 1.807) is 22.3 Å². The van der Waals surface area contributed by atoms with E-state index in [2.05, 4.69) is 5.10 Å². The summed E-state index contributed by atoms with van der Waals surface area (Å²) in [5, 5.41) is 14.7. The van der Waals surface area contributed by atoms with E-state index in [0.717, 1.165) is 23.4 Å². The van der Waals surface area contributed by atoms with E-state index < -0.39 is 5.97 Å². The second kappa shape index (κ2) is 5.01. The van der Waals surface area contributed by atoms with Crippen LogP contribution >= 0.6 is 11.3 Å². The molecule has 1 N–H and O–H groups in total. The van der Waals surface area contributed by atoms with Crippen LogP contribution in [0.2, 0.25) is 0 Å². The normalized spacial score (nSPS) is 10.4. The summed E-state index contributed by atoms with van der Waals surface area (Å²) in [7, 11) is 0. The van der Waals surface area contributed by atoms with Gasteiger partial charge in [-0.3, -0.25) is 4.68 Å². The predicted molar refractivity (Wildman–Crippen MR) is 63.5 cm³/mol. The van der Waals surface area contributed by atoms with Crippen LogP contribution in [-0.2, 0) is 13.2 Å². The third kappa shape index (κ3) is 2.65. The molecule has 0 aliphatic carbocycles. The molecule has 17 heavy (non-hydrogen) atoms. The van der Waals surface area contributed by atoms with Gasteiger partial charge in [0.25, 0.3) is 0 Å². The third-order valence-electron chi connectivity index (χ3n) is 2.23. The Balaban J connectivity index is 2.02. The van der Waals surface area contributed by atoms with E-state index in [4.69, 9.17) is 9.84 Å². The minimum Gasteiger partial charge on any atom is -0.487 e. The highest BCUT2D eigenvalue weighted by atomic mass is 32.1. The lowest BCUT2D eigenvalue weighted by Crippen LogP contribution is -1.99. The maximum absolute atomic E-state index is 10.9. The van der Waals surface area contributed by atoms with Crippen molar-refractivity contribution in [3.8, 4) is 5.75 Å². The molecule has 0 amide bonds. The van der Waals surface area contributed by atoms with Gasteiger partial charge < -0.3 is 9.84 Å². The van der Waals surface area contributed by atoms with Crippen LogP contribution in [0.4, 0.5) is 0 Å². The van der Waals surface area contributed by atoms with Gasteiger partial charge in [0.15, 0.2) is 4.88 Å². The lowest BCUT2D eigenvalue weighted by Gasteiger charge is -2.02. The topological polar surface area (TPSA) is 64.3 Å². The molecule has 0 radical (unpaired) electrons. The molecule has 90 valence electrons. The summed E-state index contributed by atoms with van der Waals surface area (Å²) in [5.41, 5.74) is 0.925. The van der Waals surface area contributed by atoms with Crippen LogP contribution in [0.3, 0.4) is 0 Å². The lowest BCUT2D eigenvalue weighted by molar-refractivity contribution is 0.0697. The Hall–Kier alpha value is -1.82. The van der Waals surface area contributed by atoms with E-state index in [1.807, 2.05) is 13.1 Å². The first-order valence-electron chi connectivity index (χ1n) is 5.15. The summed E-state index contributed by atoms with van der Waals surface area (Å²) in [6.07, 6.45) is 3.60. The Morgan fingerprint density at radius 2 is 2.47 bits per heavy atom. The Labute approximate surface area is 102 Å². The molecule has 0 unspecified atom stereocenters. The van der Waals surface area contributed by atoms with Crippen LogP contribution in [0.1, 0.15) is 22.2 Å². The van der Waals surface area contributed by atoms with Crippen LogP contribution in [0.15, 0.2) is 23.8 Å². The van der Waals surface area contributed by atoms with Crippen molar-refractivity contribution in [1.82, 2.24) is 9.78 Å². The smallest absolute Gasteiger partial charge is 0.349 e. The van der Waals surface area contributed by atoms with Gasteiger partial charge >= 0.3 is 5.97 Å². The number of aromatic nitrogens is 2. The summed E-state index contributed by atoms with van der Waals surface area (Å²) in [5.74, 6) is -0.550. The first kappa shape index (κ1) is 11.7. The van der Waals surface area contributed by atoms with Crippen molar-refractivity contribution in [3.63, 3.8) is 0 Å². The zero-order valence-electron chi connectivity index (χ0n) is 9.29. The van der Waals surface area contributed by atoms with E-state index in [1.165, 1.54) is 0 Å². The minimum atomic E-state index is -0.959. The molecule has 0 bridgehead atoms. The average Bonchev–Trinajstić information content (AvgIpc) is 2.95. The number of carboxylic acids is 1. The molecule has 0 aromatic carbocycles. The highest BCUT2D eigenvalue weighted by Gasteiger charge is 2.13. The van der Waals surface area contributed by atoms with Gasteiger partial charge in [0, 0.05) is 18.3 Å². The fourth-order valence-corrected chi connectivity index (χ4v) is 2.05. The molecule has 2 heterocycles. The van der Waals surface area contributed by atoms with Gasteiger partial charge in [-0.05, 0) is 18.4 Å². The first-order chi connectivity index (χ1) is 8.20. The predicted octanol–water partition coefficient (Wildman–Crippen LogP) is 2.24. The van der Waals surface area contributed by atoms with Crippen molar-refractivity contribution >= 4 is 17.3 Å². The van der Waals surface area contributed by atoms with Gasteiger partial charge in [-0.2, -0.15) is 5.10 Å². The Bertz CT molecular complexity index is 518. The van der Waals surface area contributed by atoms with Crippen molar-refractivity contribution < 1.29 is 14.6 Å². The van der Waals surface area contributed by atoms with Gasteiger partial charge in [-0.15, -0.1) is 11.3 Å². The van der Waals surface area contributed by atoms with Crippen LogP contribution < -0.4 is 4.74 Å². The molecule has 0 saturated carbocycles. The number of carboxylic acid groups (broad SMARTS) is 1. The van der Waals surface area contributed by atoms with Crippen molar-refractivity contribution in [3.05, 3.63) is 34.3 Å². The van der Waals surface area contributed by atoms with E-state index in [9.17, 15) is 4.79 Å². The molecule has 5 nitrogen and oxygen atoms in total. The number of hydrogen-bond acceptors (Lipinski definition) is 4. The maximum atomic E-state index is 10.9. The quantitative estimate of drug-likeness (QED) is 0.886. The van der Waals surface area contributed by atoms with Gasteiger partial charge in [-0.25, -0.2) is 4.79 Å². The summed E-state index contributed by atoms with van der Waals surface area (Å²) in [4.78, 5) is 11.1. The van der Waals surface area contributed by atoms with Gasteiger partial charge in [-0.1, -0.05) is 0 Å². The fraction of sp³-hybridized carbons (Fsp3) is 0.273. The second-order valence-electron chi connectivity index (χ2n) is 3.41. The minimum absolute atomic E-state index is 0.230. The van der Waals surface area contributed by atoms with Crippen LogP contribution in [-0.4, -0.2) is 20.9 Å². The molecule has 0 spiro atoms. The fourth-order valence-electron chi connectivity index (χ4n) is 1.38. The second-order valence-corrected chi connectivity index (χ2v) is 4.33. The van der Waals surface area contributed by atoms with Crippen molar-refractivity contribution in [2.24, 2.45) is 0 Å². The SMILES string of the molecule is CCn1cc(COc2ccsc2C(=O)O)cn1. The molecule has 0 atom stereocenters. The van der Waals surface area contributed by atoms with E-state index in [-0.39, 0.29) is 4.88 Å². The highest BCUT2D eigenvalue weighted by molar-refractivity contribution is 7.12. The summed E-state index contributed by atoms with van der Waals surface area (Å²) < 4.78 is 7.25. The third-order valence-corrected chi connectivity index (χ3v) is 3.11. The number of nitrogens with zero attached hydrogens (tertiary/aromatic N) is 2. The zero-order valence-corrected chi connectivity index (χ0v) is 10.1. The van der Waals surface area contributed by atoms with E-state index >= 15 is 0 Å². The average molecular weight is 252 g/mol. The van der Waals surface area contributed by atoms with Crippen LogP contribution in [0.5, 0.6) is 5.75 Å². The van der Waals surface area contributed by atoms with Crippen molar-refractivity contribution in [2.45, 2.75) is 20.1 Å². The van der Waals surface area contributed by atoms with Crippen LogP contribution in [0.25, 0.3) is 0 Å². The maximum Gasteiger partial charge on any atom is 0.349 e. The molecule has 0 fully saturated rings. The lowest BCUT2D eigenvalue weighted by atomic mass is 10.4. The van der Waals surface area contributed by atoms with Gasteiger partial charge in [0.1, 0.15) is 12.4 Å². The monoisotopic (exact) mass is 252 g/mol. The number of rotatable bonds is 5. The Morgan fingerprint density at radius 3 is 3.12 bits per heavy atom. The summed E-state index contributed by atoms with van der Waals surface area (Å²) >= 11 is 1.16. The highest BCUT2D eigenvalue weighted by Crippen LogP contribution is 2.25. The molecule has 0 aliphatic heterocycles. The summed E-state index contributed by atoms with van der Waals surface area (Å²) in [6, 6.07) is 1.67. The number of aromatic carboxylic acids is 1. The largest absolute Gasteiger partial charge is 0.487 e. The molecule has 6 heteroatoms. The Kier molecular flexibility index (Phi) is 3.43. The molecule has 2 aromatic rings. The van der Waals surface area contributed by atoms with Gasteiger partial charge in [0.05, 0.1) is 6.20 Å². The Morgan fingerprint density at radius 1 is 1.65 bits per heavy atom. The molecular formula is C11H12N2O3S. The number of ether oxygens (including phenoxy) is 1. The molecule has 2 aromatic heterocycles. The molecule has 0 aliphatic rings. The number of carbonyl (C=O) groups is 1. The van der Waals surface area contributed by atoms with E-state index in [0.29, 0.717) is 12.4 Å². The molecular weight excluding hydrogens is 240 g/mol. The zero-order chi connectivity index (χ0) is 12.3. The number of hydrogen-bond donors (Lipinski definition) is 1. The van der Waals surface area contributed by atoms with Crippen LogP contribution in [0, 0.1) is 0 Å². The standard InChI is InChI=1S/C11H12N2O3S/c1-2-13-6-8(5-12-13)7-16-9-3-4-17-10(9)11(14)15/h3-6H,2,7H2,1H3,(H,14,15). The van der Waals surface area contributed by atoms with Crippen molar-refractivity contribution in [2.75, 3.05) is 0 Å². The number of thiophene rings is 1. The van der Waals surface area contributed by atoms with Crippen molar-refractivity contribution in [1.29, 1.82) is 0 Å². The van der Waals surface area contributed by atoms with Gasteiger partial charge in [0.2, 0.25) is 0 Å². The molecule has 0 saturated heterocycles. The summed E-state index contributed by atoms with van der Waals surface area (Å²) in [6.45, 7) is 3.13.